The van der Waals surface area contributed by atoms with E-state index >= 15 is 0 Å². The van der Waals surface area contributed by atoms with Gasteiger partial charge in [0.1, 0.15) is 0 Å². The Hall–Kier alpha value is -0.610. The van der Waals surface area contributed by atoms with E-state index in [0.717, 1.165) is 25.9 Å². The van der Waals surface area contributed by atoms with Crippen molar-refractivity contribution in [3.63, 3.8) is 0 Å². The van der Waals surface area contributed by atoms with Gasteiger partial charge in [-0.05, 0) is 12.8 Å². The summed E-state index contributed by atoms with van der Waals surface area (Å²) < 4.78 is 5.14. The minimum atomic E-state index is 0.177. The molecule has 0 atom stereocenters. The summed E-state index contributed by atoms with van der Waals surface area (Å²) in [5.41, 5.74) is 0. The third-order valence-electron chi connectivity index (χ3n) is 2.16. The Morgan fingerprint density at radius 2 is 2.00 bits per heavy atom. The van der Waals surface area contributed by atoms with Gasteiger partial charge in [-0.3, -0.25) is 4.79 Å². The van der Waals surface area contributed by atoms with E-state index in [-0.39, 0.29) is 12.5 Å². The molecule has 0 aromatic carbocycles. The molecule has 1 N–H and O–H groups in total. The van der Waals surface area contributed by atoms with Crippen molar-refractivity contribution in [3.8, 4) is 0 Å². The van der Waals surface area contributed by atoms with Gasteiger partial charge in [0.15, 0.2) is 0 Å². The van der Waals surface area contributed by atoms with Crippen molar-refractivity contribution in [2.45, 2.75) is 19.3 Å². The smallest absolute Gasteiger partial charge is 0.222 e. The molecule has 0 radical (unpaired) electrons. The zero-order chi connectivity index (χ0) is 9.52. The second kappa shape index (κ2) is 5.94. The van der Waals surface area contributed by atoms with Crippen LogP contribution in [0.25, 0.3) is 0 Å². The number of aliphatic hydroxyl groups is 1. The van der Waals surface area contributed by atoms with E-state index in [2.05, 4.69) is 0 Å². The van der Waals surface area contributed by atoms with Crippen LogP contribution < -0.4 is 0 Å². The van der Waals surface area contributed by atoms with Crippen LogP contribution in [0.5, 0.6) is 0 Å². The van der Waals surface area contributed by atoms with E-state index < -0.39 is 0 Å². The van der Waals surface area contributed by atoms with Gasteiger partial charge in [0.2, 0.25) is 5.91 Å². The maximum absolute atomic E-state index is 11.5. The van der Waals surface area contributed by atoms with Crippen molar-refractivity contribution in [1.29, 1.82) is 0 Å². The zero-order valence-corrected chi connectivity index (χ0v) is 7.87. The van der Waals surface area contributed by atoms with Crippen molar-refractivity contribution in [3.05, 3.63) is 0 Å². The quantitative estimate of drug-likeness (QED) is 0.631. The third kappa shape index (κ3) is 3.74. The first kappa shape index (κ1) is 10.5. The van der Waals surface area contributed by atoms with Crippen LogP contribution in [-0.2, 0) is 9.53 Å². The molecular weight excluding hydrogens is 170 g/mol. The van der Waals surface area contributed by atoms with Crippen molar-refractivity contribution in [2.24, 2.45) is 0 Å². The van der Waals surface area contributed by atoms with Gasteiger partial charge in [-0.25, -0.2) is 0 Å². The van der Waals surface area contributed by atoms with E-state index in [4.69, 9.17) is 9.84 Å². The molecule has 0 aromatic rings. The van der Waals surface area contributed by atoms with E-state index in [1.165, 1.54) is 0 Å². The Morgan fingerprint density at radius 1 is 1.31 bits per heavy atom. The van der Waals surface area contributed by atoms with Gasteiger partial charge in [-0.15, -0.1) is 0 Å². The number of hydrogen-bond donors (Lipinski definition) is 1. The molecule has 13 heavy (non-hydrogen) atoms. The molecule has 4 heteroatoms. The van der Waals surface area contributed by atoms with Crippen molar-refractivity contribution in [2.75, 3.05) is 32.9 Å². The summed E-state index contributed by atoms with van der Waals surface area (Å²) in [5.74, 6) is 0.191. The lowest BCUT2D eigenvalue weighted by Crippen LogP contribution is -2.40. The second-order valence-electron chi connectivity index (χ2n) is 3.17. The molecule has 1 rings (SSSR count). The fraction of sp³-hybridized carbons (Fsp3) is 0.889. The van der Waals surface area contributed by atoms with Crippen molar-refractivity contribution in [1.82, 2.24) is 4.90 Å². The number of nitrogens with zero attached hydrogens (tertiary/aromatic N) is 1. The van der Waals surface area contributed by atoms with Crippen LogP contribution in [0.2, 0.25) is 0 Å². The number of unbranched alkanes of at least 4 members (excludes halogenated alkanes) is 1. The standard InChI is InChI=1S/C9H17NO3/c11-6-2-1-3-9(12)10-4-7-13-8-5-10/h11H,1-8H2. The average Bonchev–Trinajstić information content (AvgIpc) is 2.19. The maximum Gasteiger partial charge on any atom is 0.222 e. The number of carbonyl (C=O) groups excluding carboxylic acids is 1. The fourth-order valence-electron chi connectivity index (χ4n) is 1.36. The number of morpholine rings is 1. The van der Waals surface area contributed by atoms with E-state index in [0.29, 0.717) is 19.6 Å². The van der Waals surface area contributed by atoms with Crippen LogP contribution in [0.3, 0.4) is 0 Å². The second-order valence-corrected chi connectivity index (χ2v) is 3.17. The zero-order valence-electron chi connectivity index (χ0n) is 7.87. The summed E-state index contributed by atoms with van der Waals surface area (Å²) in [6.45, 7) is 2.93. The first-order valence-corrected chi connectivity index (χ1v) is 4.81. The van der Waals surface area contributed by atoms with Gasteiger partial charge in [0, 0.05) is 26.1 Å². The van der Waals surface area contributed by atoms with Gasteiger partial charge < -0.3 is 14.7 Å². The lowest BCUT2D eigenvalue weighted by Gasteiger charge is -2.26. The molecule has 0 spiro atoms. The number of ether oxygens (including phenoxy) is 1. The van der Waals surface area contributed by atoms with E-state index in [9.17, 15) is 4.79 Å². The van der Waals surface area contributed by atoms with Gasteiger partial charge in [-0.1, -0.05) is 0 Å². The summed E-state index contributed by atoms with van der Waals surface area (Å²) in [6.07, 6.45) is 2.06. The average molecular weight is 187 g/mol. The molecule has 4 nitrogen and oxygen atoms in total. The fourth-order valence-corrected chi connectivity index (χ4v) is 1.36. The number of aliphatic hydroxyl groups excluding tert-OH is 1. The highest BCUT2D eigenvalue weighted by Crippen LogP contribution is 2.03. The van der Waals surface area contributed by atoms with Crippen LogP contribution in [0.15, 0.2) is 0 Å². The normalized spacial score (nSPS) is 17.5. The summed E-state index contributed by atoms with van der Waals surface area (Å²) >= 11 is 0. The Kier molecular flexibility index (Phi) is 4.78. The van der Waals surface area contributed by atoms with E-state index in [1.807, 2.05) is 4.90 Å². The molecule has 1 aliphatic heterocycles. The predicted octanol–water partition coefficient (Wildman–Crippen LogP) is 0.00780. The highest BCUT2D eigenvalue weighted by molar-refractivity contribution is 5.76. The SMILES string of the molecule is O=C(CCCCO)N1CCOCC1. The van der Waals surface area contributed by atoms with Crippen LogP contribution in [-0.4, -0.2) is 48.8 Å². The van der Waals surface area contributed by atoms with Gasteiger partial charge >= 0.3 is 0 Å². The minimum absolute atomic E-state index is 0.177. The minimum Gasteiger partial charge on any atom is -0.396 e. The van der Waals surface area contributed by atoms with Crippen LogP contribution in [0.4, 0.5) is 0 Å². The highest BCUT2D eigenvalue weighted by Gasteiger charge is 2.15. The van der Waals surface area contributed by atoms with Gasteiger partial charge in [-0.2, -0.15) is 0 Å². The molecule has 1 heterocycles. The van der Waals surface area contributed by atoms with Gasteiger partial charge in [0.05, 0.1) is 13.2 Å². The summed E-state index contributed by atoms with van der Waals surface area (Å²) in [4.78, 5) is 13.3. The van der Waals surface area contributed by atoms with Crippen LogP contribution in [0, 0.1) is 0 Å². The molecule has 0 aliphatic carbocycles. The number of carbonyl (C=O) groups is 1. The predicted molar refractivity (Wildman–Crippen MR) is 48.3 cm³/mol. The lowest BCUT2D eigenvalue weighted by molar-refractivity contribution is -0.135. The molecule has 1 amide bonds. The Morgan fingerprint density at radius 3 is 2.62 bits per heavy atom. The van der Waals surface area contributed by atoms with Gasteiger partial charge in [0.25, 0.3) is 0 Å². The first-order chi connectivity index (χ1) is 6.34. The Balaban J connectivity index is 2.13. The third-order valence-corrected chi connectivity index (χ3v) is 2.16. The highest BCUT2D eigenvalue weighted by atomic mass is 16.5. The van der Waals surface area contributed by atoms with Crippen molar-refractivity contribution < 1.29 is 14.6 Å². The Bertz CT molecular complexity index is 155. The van der Waals surface area contributed by atoms with Crippen LogP contribution >= 0.6 is 0 Å². The summed E-state index contributed by atoms with van der Waals surface area (Å²) in [6, 6.07) is 0. The molecular formula is C9H17NO3. The van der Waals surface area contributed by atoms with E-state index in [1.54, 1.807) is 0 Å². The van der Waals surface area contributed by atoms with Crippen molar-refractivity contribution >= 4 is 5.91 Å². The lowest BCUT2D eigenvalue weighted by atomic mass is 10.2. The number of hydrogen-bond acceptors (Lipinski definition) is 3. The molecule has 1 fully saturated rings. The Labute approximate surface area is 78.5 Å². The monoisotopic (exact) mass is 187 g/mol. The largest absolute Gasteiger partial charge is 0.396 e. The maximum atomic E-state index is 11.5. The summed E-state index contributed by atoms with van der Waals surface area (Å²) in [5, 5.41) is 8.54. The molecule has 1 aliphatic rings. The first-order valence-electron chi connectivity index (χ1n) is 4.81. The molecule has 0 aromatic heterocycles. The summed E-state index contributed by atoms with van der Waals surface area (Å²) in [7, 11) is 0. The number of rotatable bonds is 4. The topological polar surface area (TPSA) is 49.8 Å². The van der Waals surface area contributed by atoms with Crippen LogP contribution in [0.1, 0.15) is 19.3 Å². The number of amides is 1. The molecule has 0 saturated carbocycles. The molecule has 1 saturated heterocycles. The molecule has 76 valence electrons. The molecule has 0 unspecified atom stereocenters. The molecule has 0 bridgehead atoms.